The Morgan fingerprint density at radius 1 is 1.11 bits per heavy atom. The SMILES string of the molecule is C[C@H](NC(=O)[C@@H]1CCCN(c2ccc(-n3cccn3)nn2)C1)c1ccccc1. The van der Waals surface area contributed by atoms with E-state index in [1.54, 1.807) is 10.9 Å². The maximum atomic E-state index is 12.8. The normalized spacial score (nSPS) is 17.9. The van der Waals surface area contributed by atoms with Crippen LogP contribution in [0.4, 0.5) is 5.82 Å². The monoisotopic (exact) mass is 376 g/mol. The predicted molar refractivity (Wildman–Crippen MR) is 107 cm³/mol. The first-order valence-corrected chi connectivity index (χ1v) is 9.65. The summed E-state index contributed by atoms with van der Waals surface area (Å²) in [5.74, 6) is 1.52. The van der Waals surface area contributed by atoms with Gasteiger partial charge in [0.05, 0.1) is 12.0 Å². The fraction of sp³-hybridized carbons (Fsp3) is 0.333. The lowest BCUT2D eigenvalue weighted by atomic mass is 9.96. The van der Waals surface area contributed by atoms with Crippen LogP contribution in [-0.2, 0) is 4.79 Å². The van der Waals surface area contributed by atoms with Crippen molar-refractivity contribution in [1.82, 2.24) is 25.3 Å². The van der Waals surface area contributed by atoms with Gasteiger partial charge in [0.25, 0.3) is 0 Å². The molecule has 0 unspecified atom stereocenters. The summed E-state index contributed by atoms with van der Waals surface area (Å²) < 4.78 is 1.67. The maximum Gasteiger partial charge on any atom is 0.225 e. The number of rotatable bonds is 5. The van der Waals surface area contributed by atoms with Gasteiger partial charge in [-0.3, -0.25) is 4.79 Å². The van der Waals surface area contributed by atoms with Crippen LogP contribution in [0.3, 0.4) is 0 Å². The number of hydrogen-bond donors (Lipinski definition) is 1. The fourth-order valence-electron chi connectivity index (χ4n) is 3.57. The number of hydrogen-bond acceptors (Lipinski definition) is 5. The summed E-state index contributed by atoms with van der Waals surface area (Å²) in [6.07, 6.45) is 5.39. The van der Waals surface area contributed by atoms with Gasteiger partial charge in [0.15, 0.2) is 11.6 Å². The van der Waals surface area contributed by atoms with E-state index in [4.69, 9.17) is 0 Å². The van der Waals surface area contributed by atoms with Crippen molar-refractivity contribution < 1.29 is 4.79 Å². The third-order valence-corrected chi connectivity index (χ3v) is 5.15. The van der Waals surface area contributed by atoms with Gasteiger partial charge in [0.1, 0.15) is 0 Å². The highest BCUT2D eigenvalue weighted by molar-refractivity contribution is 5.80. The summed E-state index contributed by atoms with van der Waals surface area (Å²) in [6.45, 7) is 3.56. The van der Waals surface area contributed by atoms with Crippen molar-refractivity contribution in [2.75, 3.05) is 18.0 Å². The van der Waals surface area contributed by atoms with Gasteiger partial charge in [-0.1, -0.05) is 30.3 Å². The van der Waals surface area contributed by atoms with E-state index >= 15 is 0 Å². The molecule has 2 atom stereocenters. The summed E-state index contributed by atoms with van der Waals surface area (Å²) >= 11 is 0. The Bertz CT molecular complexity index is 894. The number of nitrogens with one attached hydrogen (secondary N) is 1. The number of nitrogens with zero attached hydrogens (tertiary/aromatic N) is 5. The topological polar surface area (TPSA) is 75.9 Å². The number of benzene rings is 1. The number of anilines is 1. The van der Waals surface area contributed by atoms with Crippen LogP contribution < -0.4 is 10.2 Å². The summed E-state index contributed by atoms with van der Waals surface area (Å²) in [6, 6.07) is 15.7. The van der Waals surface area contributed by atoms with Gasteiger partial charge in [-0.05, 0) is 43.5 Å². The van der Waals surface area contributed by atoms with Crippen molar-refractivity contribution in [3.05, 3.63) is 66.5 Å². The largest absolute Gasteiger partial charge is 0.354 e. The van der Waals surface area contributed by atoms with E-state index in [9.17, 15) is 4.79 Å². The highest BCUT2D eigenvalue weighted by Gasteiger charge is 2.27. The molecule has 0 aliphatic carbocycles. The molecular formula is C21H24N6O. The molecule has 0 saturated carbocycles. The quantitative estimate of drug-likeness (QED) is 0.741. The van der Waals surface area contributed by atoms with Crippen molar-refractivity contribution in [3.8, 4) is 5.82 Å². The summed E-state index contributed by atoms with van der Waals surface area (Å²) in [4.78, 5) is 14.9. The van der Waals surface area contributed by atoms with Gasteiger partial charge in [-0.25, -0.2) is 4.68 Å². The molecule has 0 radical (unpaired) electrons. The maximum absolute atomic E-state index is 12.8. The van der Waals surface area contributed by atoms with Crippen molar-refractivity contribution in [1.29, 1.82) is 0 Å². The first-order valence-electron chi connectivity index (χ1n) is 9.65. The van der Waals surface area contributed by atoms with E-state index < -0.39 is 0 Å². The Hall–Kier alpha value is -3.22. The Labute approximate surface area is 164 Å². The minimum atomic E-state index is -0.0486. The Balaban J connectivity index is 1.39. The van der Waals surface area contributed by atoms with Crippen LogP contribution in [0.15, 0.2) is 60.9 Å². The molecule has 1 aliphatic rings. The van der Waals surface area contributed by atoms with Crippen molar-refractivity contribution >= 4 is 11.7 Å². The van der Waals surface area contributed by atoms with Gasteiger partial charge < -0.3 is 10.2 Å². The number of piperidine rings is 1. The predicted octanol–water partition coefficient (Wildman–Crippen LogP) is 2.76. The fourth-order valence-corrected chi connectivity index (χ4v) is 3.57. The lowest BCUT2D eigenvalue weighted by molar-refractivity contribution is -0.125. The van der Waals surface area contributed by atoms with Crippen LogP contribution >= 0.6 is 0 Å². The molecule has 3 aromatic rings. The highest BCUT2D eigenvalue weighted by atomic mass is 16.2. The van der Waals surface area contributed by atoms with Crippen LogP contribution in [0.1, 0.15) is 31.4 Å². The van der Waals surface area contributed by atoms with Crippen LogP contribution in [0.25, 0.3) is 5.82 Å². The van der Waals surface area contributed by atoms with E-state index in [0.29, 0.717) is 12.4 Å². The number of aromatic nitrogens is 4. The molecule has 0 bridgehead atoms. The molecule has 1 aromatic carbocycles. The summed E-state index contributed by atoms with van der Waals surface area (Å²) in [7, 11) is 0. The number of carbonyl (C=O) groups is 1. The minimum absolute atomic E-state index is 0.00257. The smallest absolute Gasteiger partial charge is 0.225 e. The molecule has 1 N–H and O–H groups in total. The number of carbonyl (C=O) groups excluding carboxylic acids is 1. The Kier molecular flexibility index (Phi) is 5.32. The molecular weight excluding hydrogens is 352 g/mol. The lowest BCUT2D eigenvalue weighted by Gasteiger charge is -2.33. The van der Waals surface area contributed by atoms with Crippen LogP contribution in [0.2, 0.25) is 0 Å². The van der Waals surface area contributed by atoms with Gasteiger partial charge in [-0.15, -0.1) is 10.2 Å². The second-order valence-corrected chi connectivity index (χ2v) is 7.13. The first kappa shape index (κ1) is 18.2. The highest BCUT2D eigenvalue weighted by Crippen LogP contribution is 2.23. The lowest BCUT2D eigenvalue weighted by Crippen LogP contribution is -2.44. The average molecular weight is 376 g/mol. The molecule has 28 heavy (non-hydrogen) atoms. The molecule has 144 valence electrons. The molecule has 2 aromatic heterocycles. The van der Waals surface area contributed by atoms with E-state index in [-0.39, 0.29) is 17.9 Å². The van der Waals surface area contributed by atoms with E-state index in [2.05, 4.69) is 25.5 Å². The van der Waals surface area contributed by atoms with Gasteiger partial charge in [0.2, 0.25) is 5.91 Å². The molecule has 1 aliphatic heterocycles. The standard InChI is InChI=1S/C21H24N6O/c1-16(17-7-3-2-4-8-17)23-21(28)18-9-5-13-26(15-18)19-10-11-20(25-24-19)27-14-6-12-22-27/h2-4,6-8,10-12,14,16,18H,5,9,13,15H2,1H3,(H,23,28)/t16-,18+/m0/s1. The zero-order valence-corrected chi connectivity index (χ0v) is 15.9. The number of amides is 1. The third-order valence-electron chi connectivity index (χ3n) is 5.15. The van der Waals surface area contributed by atoms with Gasteiger partial charge >= 0.3 is 0 Å². The molecule has 7 heteroatoms. The van der Waals surface area contributed by atoms with Crippen molar-refractivity contribution in [2.45, 2.75) is 25.8 Å². The van der Waals surface area contributed by atoms with E-state index in [1.165, 1.54) is 0 Å². The molecule has 1 amide bonds. The summed E-state index contributed by atoms with van der Waals surface area (Å²) in [5.41, 5.74) is 1.11. The second-order valence-electron chi connectivity index (χ2n) is 7.13. The molecule has 1 saturated heterocycles. The molecule has 4 rings (SSSR count). The second kappa shape index (κ2) is 8.21. The Morgan fingerprint density at radius 2 is 1.89 bits per heavy atom. The van der Waals surface area contributed by atoms with Crippen LogP contribution in [0.5, 0.6) is 0 Å². The van der Waals surface area contributed by atoms with Crippen molar-refractivity contribution in [3.63, 3.8) is 0 Å². The van der Waals surface area contributed by atoms with Crippen LogP contribution in [-0.4, -0.2) is 39.0 Å². The average Bonchev–Trinajstić information content (AvgIpc) is 3.29. The third kappa shape index (κ3) is 4.03. The van der Waals surface area contributed by atoms with Crippen molar-refractivity contribution in [2.24, 2.45) is 5.92 Å². The minimum Gasteiger partial charge on any atom is -0.354 e. The molecule has 1 fully saturated rings. The van der Waals surface area contributed by atoms with E-state index in [1.807, 2.05) is 61.7 Å². The Morgan fingerprint density at radius 3 is 2.61 bits per heavy atom. The zero-order valence-electron chi connectivity index (χ0n) is 15.9. The zero-order chi connectivity index (χ0) is 19.3. The first-order chi connectivity index (χ1) is 13.7. The summed E-state index contributed by atoms with van der Waals surface area (Å²) in [5, 5.41) is 15.9. The van der Waals surface area contributed by atoms with E-state index in [0.717, 1.165) is 30.8 Å². The van der Waals surface area contributed by atoms with Crippen LogP contribution in [0, 0.1) is 5.92 Å². The van der Waals surface area contributed by atoms with Gasteiger partial charge in [-0.2, -0.15) is 5.10 Å². The molecule has 3 heterocycles. The van der Waals surface area contributed by atoms with Gasteiger partial charge in [0, 0.05) is 25.5 Å². The molecule has 7 nitrogen and oxygen atoms in total. The molecule has 0 spiro atoms.